The van der Waals surface area contributed by atoms with Crippen LogP contribution < -0.4 is 5.46 Å². The minimum Gasteiger partial charge on any atom is -0.399 e. The van der Waals surface area contributed by atoms with Crippen LogP contribution >= 0.6 is 15.9 Å². The number of rotatable bonds is 7. The van der Waals surface area contributed by atoms with E-state index in [1.165, 1.54) is 82.7 Å². The Morgan fingerprint density at radius 2 is 0.743 bits per heavy atom. The van der Waals surface area contributed by atoms with Gasteiger partial charge in [-0.2, -0.15) is 0 Å². The molecule has 11 aromatic carbocycles. The summed E-state index contributed by atoms with van der Waals surface area (Å²) in [4.78, 5) is 5.29. The molecule has 0 atom stereocenters. The van der Waals surface area contributed by atoms with E-state index < -0.39 is 0 Å². The molecule has 356 valence electrons. The molecule has 3 nitrogen and oxygen atoms in total. The highest BCUT2D eigenvalue weighted by atomic mass is 79.9. The first kappa shape index (κ1) is 47.1. The van der Waals surface area contributed by atoms with Crippen LogP contribution in [-0.2, 0) is 9.31 Å². The zero-order chi connectivity index (χ0) is 50.4. The maximum Gasteiger partial charge on any atom is 0.494 e. The average Bonchev–Trinajstić information content (AvgIpc) is 3.68. The molecule has 1 aromatic heterocycles. The highest BCUT2D eigenvalue weighted by Crippen LogP contribution is 2.50. The van der Waals surface area contributed by atoms with E-state index in [2.05, 4.69) is 292 Å². The van der Waals surface area contributed by atoms with Crippen LogP contribution in [0.1, 0.15) is 27.7 Å². The molecule has 0 amide bonds. The van der Waals surface area contributed by atoms with E-state index in [1.807, 2.05) is 0 Å². The summed E-state index contributed by atoms with van der Waals surface area (Å²) in [6.07, 6.45) is 0. The summed E-state index contributed by atoms with van der Waals surface area (Å²) in [5, 5.41) is 7.05. The highest BCUT2D eigenvalue weighted by molar-refractivity contribution is 9.10. The molecule has 13 rings (SSSR count). The van der Waals surface area contributed by atoms with Crippen LogP contribution in [0.15, 0.2) is 253 Å². The van der Waals surface area contributed by atoms with Crippen LogP contribution in [0, 0.1) is 0 Å². The van der Waals surface area contributed by atoms with Crippen LogP contribution in [-0.4, -0.2) is 23.3 Å². The minimum absolute atomic E-state index is 0.365. The highest BCUT2D eigenvalue weighted by Gasteiger charge is 2.51. The first-order chi connectivity index (χ1) is 36.1. The second kappa shape index (κ2) is 19.5. The first-order valence-electron chi connectivity index (χ1n) is 25.4. The fourth-order valence-electron chi connectivity index (χ4n) is 10.6. The van der Waals surface area contributed by atoms with E-state index in [0.29, 0.717) is 0 Å². The topological polar surface area (TPSA) is 31.4 Å². The molecule has 5 heteroatoms. The van der Waals surface area contributed by atoms with Crippen molar-refractivity contribution >= 4 is 71.9 Å². The molecule has 0 unspecified atom stereocenters. The number of fused-ring (bicyclic) bond motifs is 6. The Hall–Kier alpha value is -7.93. The Kier molecular flexibility index (Phi) is 12.4. The SMILES string of the molecule is Brc1cccc(-c2cc(-c3ccccc3)c(-c3ccccc3)c(-c3ccccc3)c2-c2ccccc2)c1.CC1(C)OB(c2ccc(-c3c4ccc5ccccc5c4nc4c3ccc3ccccc34)cc2)OC1(C)C. The van der Waals surface area contributed by atoms with Gasteiger partial charge in [0.25, 0.3) is 0 Å². The lowest BCUT2D eigenvalue weighted by atomic mass is 9.78. The summed E-state index contributed by atoms with van der Waals surface area (Å²) in [6.45, 7) is 8.35. The van der Waals surface area contributed by atoms with E-state index in [9.17, 15) is 0 Å². The van der Waals surface area contributed by atoms with Crippen molar-refractivity contribution in [3.05, 3.63) is 253 Å². The molecule has 12 aromatic rings. The van der Waals surface area contributed by atoms with Gasteiger partial charge in [-0.05, 0) is 123 Å². The van der Waals surface area contributed by atoms with Gasteiger partial charge >= 0.3 is 7.12 Å². The third kappa shape index (κ3) is 8.71. The van der Waals surface area contributed by atoms with Gasteiger partial charge < -0.3 is 9.31 Å². The van der Waals surface area contributed by atoms with Gasteiger partial charge in [-0.15, -0.1) is 0 Å². The van der Waals surface area contributed by atoms with Crippen LogP contribution in [0.5, 0.6) is 0 Å². The fraction of sp³-hybridized carbons (Fsp3) is 0.0870. The van der Waals surface area contributed by atoms with Crippen molar-refractivity contribution in [3.8, 4) is 66.8 Å². The predicted molar refractivity (Wildman–Crippen MR) is 317 cm³/mol. The number of pyridine rings is 1. The van der Waals surface area contributed by atoms with Gasteiger partial charge in [0, 0.05) is 31.6 Å². The van der Waals surface area contributed by atoms with E-state index >= 15 is 0 Å². The molecule has 2 heterocycles. The Morgan fingerprint density at radius 1 is 0.338 bits per heavy atom. The monoisotopic (exact) mass is 1020 g/mol. The zero-order valence-electron chi connectivity index (χ0n) is 41.9. The van der Waals surface area contributed by atoms with Crippen LogP contribution in [0.25, 0.3) is 110 Å². The molecule has 74 heavy (non-hydrogen) atoms. The third-order valence-electron chi connectivity index (χ3n) is 15.0. The van der Waals surface area contributed by atoms with Crippen LogP contribution in [0.2, 0.25) is 0 Å². The van der Waals surface area contributed by atoms with Crippen LogP contribution in [0.3, 0.4) is 0 Å². The lowest BCUT2D eigenvalue weighted by Gasteiger charge is -2.32. The van der Waals surface area contributed by atoms with E-state index in [1.54, 1.807) is 0 Å². The van der Waals surface area contributed by atoms with E-state index in [-0.39, 0.29) is 18.3 Å². The molecular formula is C69H53BBrNO2. The smallest absolute Gasteiger partial charge is 0.399 e. The summed E-state index contributed by atoms with van der Waals surface area (Å²) < 4.78 is 13.7. The molecule has 0 saturated carbocycles. The number of aromatic nitrogens is 1. The number of hydrogen-bond acceptors (Lipinski definition) is 3. The number of benzene rings is 11. The first-order valence-corrected chi connectivity index (χ1v) is 26.2. The Bertz CT molecular complexity index is 3900. The van der Waals surface area contributed by atoms with Gasteiger partial charge in [0.05, 0.1) is 22.2 Å². The Balaban J connectivity index is 0.000000150. The molecular weight excluding hydrogens is 965 g/mol. The van der Waals surface area contributed by atoms with Gasteiger partial charge in [-0.3, -0.25) is 0 Å². The van der Waals surface area contributed by atoms with Crippen molar-refractivity contribution in [2.24, 2.45) is 0 Å². The Morgan fingerprint density at radius 3 is 1.23 bits per heavy atom. The molecule has 0 spiro atoms. The largest absolute Gasteiger partial charge is 0.494 e. The lowest BCUT2D eigenvalue weighted by molar-refractivity contribution is 0.00578. The normalized spacial score (nSPS) is 13.8. The van der Waals surface area contributed by atoms with Gasteiger partial charge in [-0.1, -0.05) is 246 Å². The number of hydrogen-bond donors (Lipinski definition) is 0. The number of halogens is 1. The van der Waals surface area contributed by atoms with E-state index in [0.717, 1.165) is 37.3 Å². The van der Waals surface area contributed by atoms with Gasteiger partial charge in [-0.25, -0.2) is 4.98 Å². The summed E-state index contributed by atoms with van der Waals surface area (Å²) in [7, 11) is -0.377. The second-order valence-corrected chi connectivity index (χ2v) is 21.0. The molecule has 1 saturated heterocycles. The van der Waals surface area contributed by atoms with Crippen molar-refractivity contribution < 1.29 is 9.31 Å². The molecule has 1 aliphatic heterocycles. The maximum absolute atomic E-state index is 6.30. The summed E-state index contributed by atoms with van der Waals surface area (Å²) >= 11 is 3.72. The standard InChI is InChI=1S/C36H25Br.C33H28BNO2/c37-31-23-13-22-30(24-31)33-25-32(26-14-5-1-6-15-26)34(27-16-7-2-8-17-27)36(29-20-11-4-12-21-29)35(33)28-18-9-3-10-19-28;1-32(2)33(3,4)37-34(36-32)24-17-13-23(14-18-24)29-27-19-15-21-9-5-7-11-25(21)30(27)35-31-26-12-8-6-10-22(26)16-20-28(29)31/h1-25H;5-20H,1-4H3. The maximum atomic E-state index is 6.30. The van der Waals surface area contributed by atoms with Crippen LogP contribution in [0.4, 0.5) is 0 Å². The van der Waals surface area contributed by atoms with Crippen molar-refractivity contribution in [1.29, 1.82) is 0 Å². The molecule has 0 N–H and O–H groups in total. The Labute approximate surface area is 442 Å². The minimum atomic E-state index is -0.377. The number of nitrogens with zero attached hydrogens (tertiary/aromatic N) is 1. The van der Waals surface area contributed by atoms with Crippen molar-refractivity contribution in [2.75, 3.05) is 0 Å². The third-order valence-corrected chi connectivity index (χ3v) is 15.5. The summed E-state index contributed by atoms with van der Waals surface area (Å²) in [6, 6.07) is 88.6. The predicted octanol–water partition coefficient (Wildman–Crippen LogP) is 18.4. The fourth-order valence-corrected chi connectivity index (χ4v) is 11.0. The van der Waals surface area contributed by atoms with Gasteiger partial charge in [0.2, 0.25) is 0 Å². The molecule has 1 aliphatic rings. The lowest BCUT2D eigenvalue weighted by Crippen LogP contribution is -2.41. The van der Waals surface area contributed by atoms with E-state index in [4.69, 9.17) is 14.3 Å². The van der Waals surface area contributed by atoms with Crippen molar-refractivity contribution in [2.45, 2.75) is 38.9 Å². The second-order valence-electron chi connectivity index (χ2n) is 20.1. The summed E-state index contributed by atoms with van der Waals surface area (Å²) in [5.74, 6) is 0. The summed E-state index contributed by atoms with van der Waals surface area (Å²) in [5.41, 5.74) is 16.9. The van der Waals surface area contributed by atoms with Crippen molar-refractivity contribution in [3.63, 3.8) is 0 Å². The van der Waals surface area contributed by atoms with Gasteiger partial charge in [0.15, 0.2) is 0 Å². The average molecular weight is 1020 g/mol. The zero-order valence-corrected chi connectivity index (χ0v) is 43.5. The molecule has 1 fully saturated rings. The molecule has 0 aliphatic carbocycles. The molecule has 0 radical (unpaired) electrons. The van der Waals surface area contributed by atoms with Crippen molar-refractivity contribution in [1.82, 2.24) is 4.98 Å². The van der Waals surface area contributed by atoms with Gasteiger partial charge in [0.1, 0.15) is 0 Å². The molecule has 0 bridgehead atoms. The quantitative estimate of drug-likeness (QED) is 0.0906.